The van der Waals surface area contributed by atoms with Crippen LogP contribution in [0.5, 0.6) is 0 Å². The Bertz CT molecular complexity index is 1320. The van der Waals surface area contributed by atoms with Crippen molar-refractivity contribution in [2.45, 2.75) is 110 Å². The number of carboxylic acids is 1. The van der Waals surface area contributed by atoms with Gasteiger partial charge in [-0.25, -0.2) is 4.98 Å². The lowest BCUT2D eigenvalue weighted by Gasteiger charge is -2.37. The van der Waals surface area contributed by atoms with Gasteiger partial charge >= 0.3 is 5.97 Å². The quantitative estimate of drug-likeness (QED) is 0.215. The first-order valence-corrected chi connectivity index (χ1v) is 18.0. The number of thiazole rings is 1. The van der Waals surface area contributed by atoms with Crippen molar-refractivity contribution in [2.75, 3.05) is 20.6 Å². The van der Waals surface area contributed by atoms with Crippen LogP contribution in [0.1, 0.15) is 94.2 Å². The lowest BCUT2D eigenvalue weighted by Crippen LogP contribution is -2.57. The summed E-state index contributed by atoms with van der Waals surface area (Å²) >= 11 is 1.41. The van der Waals surface area contributed by atoms with Gasteiger partial charge in [-0.2, -0.15) is 0 Å². The van der Waals surface area contributed by atoms with Crippen LogP contribution < -0.4 is 10.6 Å². The third-order valence-electron chi connectivity index (χ3n) is 9.62. The monoisotopic (exact) mass is 669 g/mol. The van der Waals surface area contributed by atoms with Gasteiger partial charge in [-0.15, -0.1) is 11.3 Å². The zero-order valence-electron chi connectivity index (χ0n) is 29.2. The van der Waals surface area contributed by atoms with Crippen LogP contribution in [0.15, 0.2) is 35.7 Å². The summed E-state index contributed by atoms with van der Waals surface area (Å²) in [6, 6.07) is 8.45. The van der Waals surface area contributed by atoms with Crippen molar-refractivity contribution in [3.05, 3.63) is 52.0 Å². The summed E-state index contributed by atoms with van der Waals surface area (Å²) in [6.45, 7) is 10.8. The van der Waals surface area contributed by atoms with Crippen LogP contribution in [0.25, 0.3) is 0 Å². The third kappa shape index (κ3) is 11.1. The number of aromatic nitrogens is 1. The first-order chi connectivity index (χ1) is 22.3. The SMILES string of the molecule is CCC(C)C(NC(=O)[C@H]1CCCCN1C)C(=O)N(C)[C@H](CCc1nc(C(=O)N[C@@H](Cc2ccccc2)C[C@H](C)C(=O)O)cs1)C(C)C. The van der Waals surface area contributed by atoms with Gasteiger partial charge in [0.2, 0.25) is 11.8 Å². The zero-order chi connectivity index (χ0) is 34.7. The van der Waals surface area contributed by atoms with Crippen molar-refractivity contribution < 1.29 is 24.3 Å². The lowest BCUT2D eigenvalue weighted by atomic mass is 9.93. The van der Waals surface area contributed by atoms with E-state index in [0.717, 1.165) is 42.8 Å². The number of aliphatic carboxylic acids is 1. The molecule has 0 spiro atoms. The van der Waals surface area contributed by atoms with Crippen molar-refractivity contribution in [3.63, 3.8) is 0 Å². The fourth-order valence-corrected chi connectivity index (χ4v) is 7.17. The highest BCUT2D eigenvalue weighted by molar-refractivity contribution is 7.09. The average molecular weight is 670 g/mol. The van der Waals surface area contributed by atoms with E-state index in [0.29, 0.717) is 31.4 Å². The molecule has 1 saturated heterocycles. The lowest BCUT2D eigenvalue weighted by molar-refractivity contribution is -0.141. The number of amides is 3. The van der Waals surface area contributed by atoms with Gasteiger partial charge in [0.1, 0.15) is 11.7 Å². The van der Waals surface area contributed by atoms with E-state index in [1.807, 2.05) is 58.3 Å². The number of carbonyl (C=O) groups is 4. The van der Waals surface area contributed by atoms with Crippen LogP contribution in [0.2, 0.25) is 0 Å². The number of nitrogens with one attached hydrogen (secondary N) is 2. The highest BCUT2D eigenvalue weighted by Gasteiger charge is 2.35. The molecular formula is C36H55N5O5S. The topological polar surface area (TPSA) is 132 Å². The minimum atomic E-state index is -0.897. The second kappa shape index (κ2) is 18.3. The number of aryl methyl sites for hydroxylation is 1. The summed E-state index contributed by atoms with van der Waals surface area (Å²) in [6.07, 6.45) is 5.74. The van der Waals surface area contributed by atoms with E-state index in [1.165, 1.54) is 11.3 Å². The summed E-state index contributed by atoms with van der Waals surface area (Å²) in [5.74, 6) is -1.83. The largest absolute Gasteiger partial charge is 0.481 e. The van der Waals surface area contributed by atoms with Crippen molar-refractivity contribution in [2.24, 2.45) is 17.8 Å². The van der Waals surface area contributed by atoms with Gasteiger partial charge in [0, 0.05) is 30.9 Å². The molecule has 1 aromatic heterocycles. The molecule has 1 aromatic carbocycles. The van der Waals surface area contributed by atoms with E-state index in [4.69, 9.17) is 0 Å². The molecule has 1 aliphatic heterocycles. The molecule has 3 N–H and O–H groups in total. The number of likely N-dealkylation sites (N-methyl/N-ethyl adjacent to an activating group) is 2. The van der Waals surface area contributed by atoms with Gasteiger partial charge in [0.15, 0.2) is 0 Å². The summed E-state index contributed by atoms with van der Waals surface area (Å²) in [5, 5.41) is 18.1. The van der Waals surface area contributed by atoms with Gasteiger partial charge in [-0.1, -0.05) is 77.8 Å². The first-order valence-electron chi connectivity index (χ1n) is 17.1. The third-order valence-corrected chi connectivity index (χ3v) is 10.5. The van der Waals surface area contributed by atoms with E-state index in [2.05, 4.69) is 34.4 Å². The van der Waals surface area contributed by atoms with Gasteiger partial charge in [-0.05, 0) is 63.1 Å². The fourth-order valence-electron chi connectivity index (χ4n) is 6.38. The van der Waals surface area contributed by atoms with E-state index >= 15 is 0 Å². The Kier molecular flexibility index (Phi) is 14.8. The zero-order valence-corrected chi connectivity index (χ0v) is 30.0. The molecule has 2 heterocycles. The van der Waals surface area contributed by atoms with Crippen LogP contribution in [0, 0.1) is 17.8 Å². The molecule has 0 radical (unpaired) electrons. The van der Waals surface area contributed by atoms with Crippen molar-refractivity contribution in [1.82, 2.24) is 25.4 Å². The second-order valence-corrected chi connectivity index (χ2v) is 14.6. The van der Waals surface area contributed by atoms with E-state index in [9.17, 15) is 24.3 Å². The smallest absolute Gasteiger partial charge is 0.306 e. The molecule has 47 heavy (non-hydrogen) atoms. The molecule has 3 amide bonds. The molecule has 0 saturated carbocycles. The Morgan fingerprint density at radius 3 is 2.40 bits per heavy atom. The van der Waals surface area contributed by atoms with Crippen molar-refractivity contribution in [3.8, 4) is 0 Å². The standard InChI is InChI=1S/C36H55N5O5S/c1-8-24(4)32(39-34(43)30-16-12-13-19-40(30)6)35(44)41(7)29(23(2)3)17-18-31-38-28(22-47-31)33(42)37-27(20-25(5)36(45)46)21-26-14-10-9-11-15-26/h9-11,14-15,22-25,27,29-30,32H,8,12-13,16-21H2,1-7H3,(H,37,42)(H,39,43)(H,45,46)/t24?,25-,27+,29+,30+,32?/m0/s1. The molecular weight excluding hydrogens is 614 g/mol. The number of nitrogens with zero attached hydrogens (tertiary/aromatic N) is 3. The number of likely N-dealkylation sites (tertiary alicyclic amines) is 1. The van der Waals surface area contributed by atoms with Crippen LogP contribution >= 0.6 is 11.3 Å². The average Bonchev–Trinajstić information content (AvgIpc) is 3.52. The maximum atomic E-state index is 13.9. The summed E-state index contributed by atoms with van der Waals surface area (Å²) in [5.41, 5.74) is 1.33. The number of benzene rings is 1. The van der Waals surface area contributed by atoms with E-state index < -0.39 is 17.9 Å². The summed E-state index contributed by atoms with van der Waals surface area (Å²) < 4.78 is 0. The van der Waals surface area contributed by atoms with Crippen LogP contribution in [-0.2, 0) is 27.2 Å². The number of hydrogen-bond donors (Lipinski definition) is 3. The minimum Gasteiger partial charge on any atom is -0.481 e. The number of hydrogen-bond acceptors (Lipinski definition) is 7. The van der Waals surface area contributed by atoms with E-state index in [-0.39, 0.29) is 47.7 Å². The predicted molar refractivity (Wildman–Crippen MR) is 186 cm³/mol. The van der Waals surface area contributed by atoms with Crippen molar-refractivity contribution >= 4 is 35.0 Å². The first kappa shape index (κ1) is 38.1. The van der Waals surface area contributed by atoms with Gasteiger partial charge in [0.25, 0.3) is 5.91 Å². The van der Waals surface area contributed by atoms with Gasteiger partial charge < -0.3 is 20.6 Å². The van der Waals surface area contributed by atoms with Crippen LogP contribution in [0.4, 0.5) is 0 Å². The molecule has 0 bridgehead atoms. The second-order valence-electron chi connectivity index (χ2n) is 13.6. The van der Waals surface area contributed by atoms with Gasteiger partial charge in [0.05, 0.1) is 17.0 Å². The molecule has 2 unspecified atom stereocenters. The molecule has 1 fully saturated rings. The number of rotatable bonds is 17. The summed E-state index contributed by atoms with van der Waals surface area (Å²) in [7, 11) is 3.80. The molecule has 2 aromatic rings. The molecule has 10 nitrogen and oxygen atoms in total. The molecule has 3 rings (SSSR count). The normalized spacial score (nSPS) is 18.5. The summed E-state index contributed by atoms with van der Waals surface area (Å²) in [4.78, 5) is 60.5. The Balaban J connectivity index is 1.66. The van der Waals surface area contributed by atoms with Gasteiger partial charge in [-0.3, -0.25) is 24.1 Å². The Hall–Kier alpha value is -3.31. The number of carbonyl (C=O) groups excluding carboxylic acids is 3. The predicted octanol–water partition coefficient (Wildman–Crippen LogP) is 5.03. The van der Waals surface area contributed by atoms with Crippen LogP contribution in [-0.4, -0.2) is 88.4 Å². The maximum absolute atomic E-state index is 13.9. The molecule has 6 atom stereocenters. The number of piperidine rings is 1. The highest BCUT2D eigenvalue weighted by Crippen LogP contribution is 2.23. The number of carboxylic acid groups (broad SMARTS) is 1. The van der Waals surface area contributed by atoms with Crippen LogP contribution in [0.3, 0.4) is 0 Å². The maximum Gasteiger partial charge on any atom is 0.306 e. The van der Waals surface area contributed by atoms with E-state index in [1.54, 1.807) is 17.2 Å². The Labute approximate surface area is 284 Å². The highest BCUT2D eigenvalue weighted by atomic mass is 32.1. The molecule has 0 aliphatic carbocycles. The Morgan fingerprint density at radius 1 is 1.09 bits per heavy atom. The molecule has 260 valence electrons. The van der Waals surface area contributed by atoms with Crippen molar-refractivity contribution in [1.29, 1.82) is 0 Å². The molecule has 1 aliphatic rings. The fraction of sp³-hybridized carbons (Fsp3) is 0.639. The minimum absolute atomic E-state index is 0.0140. The Morgan fingerprint density at radius 2 is 1.79 bits per heavy atom. The molecule has 11 heteroatoms.